The Morgan fingerprint density at radius 3 is 2.89 bits per heavy atom. The minimum Gasteiger partial charge on any atom is -0.479 e. The van der Waals surface area contributed by atoms with Crippen LogP contribution in [0.1, 0.15) is 39.0 Å². The molecule has 100 valence electrons. The molecule has 1 aliphatic rings. The van der Waals surface area contributed by atoms with Gasteiger partial charge in [-0.25, -0.2) is 4.98 Å². The molecule has 1 fully saturated rings. The van der Waals surface area contributed by atoms with Crippen LogP contribution in [0.2, 0.25) is 0 Å². The second-order valence-corrected chi connectivity index (χ2v) is 4.85. The van der Waals surface area contributed by atoms with Gasteiger partial charge in [0.15, 0.2) is 5.82 Å². The summed E-state index contributed by atoms with van der Waals surface area (Å²) < 4.78 is 5.11. The molecule has 0 aliphatic heterocycles. The largest absolute Gasteiger partial charge is 0.479 e. The lowest BCUT2D eigenvalue weighted by atomic mass is 9.83. The van der Waals surface area contributed by atoms with E-state index in [1.807, 2.05) is 0 Å². The molecule has 0 amide bonds. The first-order valence-electron chi connectivity index (χ1n) is 6.67. The average molecular weight is 250 g/mol. The van der Waals surface area contributed by atoms with E-state index in [2.05, 4.69) is 22.2 Å². The number of hydrogen-bond acceptors (Lipinski definition) is 5. The molecule has 5 nitrogen and oxygen atoms in total. The number of anilines is 2. The van der Waals surface area contributed by atoms with Crippen LogP contribution in [0, 0.1) is 5.92 Å². The summed E-state index contributed by atoms with van der Waals surface area (Å²) in [7, 11) is 1.57. The smallest absolute Gasteiger partial charge is 0.242 e. The van der Waals surface area contributed by atoms with Crippen molar-refractivity contribution in [2.75, 3.05) is 18.2 Å². The Labute approximate surface area is 108 Å². The lowest BCUT2D eigenvalue weighted by Crippen LogP contribution is -2.32. The van der Waals surface area contributed by atoms with E-state index >= 15 is 0 Å². The van der Waals surface area contributed by atoms with Crippen LogP contribution in [0.5, 0.6) is 5.88 Å². The van der Waals surface area contributed by atoms with Gasteiger partial charge in [-0.2, -0.15) is 4.98 Å². The number of rotatable bonds is 4. The highest BCUT2D eigenvalue weighted by Gasteiger charge is 2.24. The van der Waals surface area contributed by atoms with Gasteiger partial charge >= 0.3 is 0 Å². The third kappa shape index (κ3) is 2.66. The molecule has 5 heteroatoms. The quantitative estimate of drug-likeness (QED) is 0.858. The van der Waals surface area contributed by atoms with Gasteiger partial charge in [0.05, 0.1) is 7.11 Å². The van der Waals surface area contributed by atoms with E-state index in [0.717, 1.165) is 0 Å². The Bertz CT molecular complexity index is 397. The van der Waals surface area contributed by atoms with Crippen molar-refractivity contribution < 1.29 is 4.74 Å². The molecular formula is C13H22N4O. The van der Waals surface area contributed by atoms with Crippen molar-refractivity contribution in [3.05, 3.63) is 6.33 Å². The van der Waals surface area contributed by atoms with Gasteiger partial charge in [-0.1, -0.05) is 26.2 Å². The Kier molecular flexibility index (Phi) is 4.23. The molecule has 1 heterocycles. The highest BCUT2D eigenvalue weighted by Crippen LogP contribution is 2.31. The summed E-state index contributed by atoms with van der Waals surface area (Å²) in [6, 6.07) is 0.464. The molecular weight excluding hydrogens is 228 g/mol. The van der Waals surface area contributed by atoms with Gasteiger partial charge in [-0.3, -0.25) is 0 Å². The lowest BCUT2D eigenvalue weighted by molar-refractivity contribution is 0.316. The summed E-state index contributed by atoms with van der Waals surface area (Å²) in [6.45, 7) is 2.24. The van der Waals surface area contributed by atoms with Gasteiger partial charge in [0.1, 0.15) is 12.0 Å². The standard InChI is InChI=1S/C13H22N4O/c1-3-9-6-4-5-7-10(9)17-12-11(14)13(18-2)16-8-15-12/h8-10H,3-7,14H2,1-2H3,(H,15,16,17). The molecule has 1 aliphatic carbocycles. The van der Waals surface area contributed by atoms with Crippen molar-refractivity contribution in [2.24, 2.45) is 5.92 Å². The number of hydrogen-bond donors (Lipinski definition) is 2. The second-order valence-electron chi connectivity index (χ2n) is 4.85. The molecule has 0 bridgehead atoms. The number of methoxy groups -OCH3 is 1. The van der Waals surface area contributed by atoms with Crippen LogP contribution in [0.4, 0.5) is 11.5 Å². The topological polar surface area (TPSA) is 73.1 Å². The molecule has 0 spiro atoms. The molecule has 2 atom stereocenters. The number of nitrogen functional groups attached to an aromatic ring is 1. The highest BCUT2D eigenvalue weighted by atomic mass is 16.5. The summed E-state index contributed by atoms with van der Waals surface area (Å²) in [6.07, 6.45) is 7.76. The third-order valence-corrected chi connectivity index (χ3v) is 3.80. The molecule has 1 aromatic rings. The Morgan fingerprint density at radius 1 is 1.39 bits per heavy atom. The van der Waals surface area contributed by atoms with Crippen LogP contribution in [0.3, 0.4) is 0 Å². The van der Waals surface area contributed by atoms with Crippen LogP contribution < -0.4 is 15.8 Å². The zero-order chi connectivity index (χ0) is 13.0. The van der Waals surface area contributed by atoms with Crippen LogP contribution in [0.15, 0.2) is 6.33 Å². The first-order valence-corrected chi connectivity index (χ1v) is 6.67. The van der Waals surface area contributed by atoms with E-state index in [0.29, 0.717) is 29.3 Å². The number of nitrogens with one attached hydrogen (secondary N) is 1. The number of aromatic nitrogens is 2. The maximum atomic E-state index is 5.99. The summed E-state index contributed by atoms with van der Waals surface area (Å²) in [5.74, 6) is 1.85. The van der Waals surface area contributed by atoms with E-state index < -0.39 is 0 Å². The van der Waals surface area contributed by atoms with E-state index in [1.165, 1.54) is 38.4 Å². The zero-order valence-corrected chi connectivity index (χ0v) is 11.1. The van der Waals surface area contributed by atoms with Crippen molar-refractivity contribution in [1.82, 2.24) is 9.97 Å². The van der Waals surface area contributed by atoms with Gasteiger partial charge in [0, 0.05) is 6.04 Å². The molecule has 1 saturated carbocycles. The molecule has 2 rings (SSSR count). The van der Waals surface area contributed by atoms with Gasteiger partial charge in [0.25, 0.3) is 0 Å². The summed E-state index contributed by atoms with van der Waals surface area (Å²) >= 11 is 0. The van der Waals surface area contributed by atoms with Crippen molar-refractivity contribution in [3.63, 3.8) is 0 Å². The summed E-state index contributed by atoms with van der Waals surface area (Å²) in [5, 5.41) is 3.47. The minimum atomic E-state index is 0.441. The van der Waals surface area contributed by atoms with Crippen LogP contribution in [0.25, 0.3) is 0 Å². The maximum absolute atomic E-state index is 5.99. The molecule has 0 radical (unpaired) electrons. The predicted molar refractivity (Wildman–Crippen MR) is 72.7 cm³/mol. The fourth-order valence-electron chi connectivity index (χ4n) is 2.72. The second kappa shape index (κ2) is 5.89. The minimum absolute atomic E-state index is 0.441. The average Bonchev–Trinajstić information content (AvgIpc) is 2.42. The van der Waals surface area contributed by atoms with Gasteiger partial charge in [0.2, 0.25) is 5.88 Å². The SMILES string of the molecule is CCC1CCCCC1Nc1ncnc(OC)c1N. The number of ether oxygens (including phenoxy) is 1. The molecule has 18 heavy (non-hydrogen) atoms. The first-order chi connectivity index (χ1) is 8.76. The highest BCUT2D eigenvalue weighted by molar-refractivity contribution is 5.66. The summed E-state index contributed by atoms with van der Waals surface area (Å²) in [4.78, 5) is 8.21. The first kappa shape index (κ1) is 12.9. The van der Waals surface area contributed by atoms with Gasteiger partial charge in [-0.05, 0) is 18.8 Å². The molecule has 1 aromatic heterocycles. The molecule has 2 unspecified atom stereocenters. The number of nitrogens with zero attached hydrogens (tertiary/aromatic N) is 2. The molecule has 0 saturated heterocycles. The normalized spacial score (nSPS) is 23.7. The van der Waals surface area contributed by atoms with Crippen LogP contribution >= 0.6 is 0 Å². The third-order valence-electron chi connectivity index (χ3n) is 3.80. The van der Waals surface area contributed by atoms with Crippen molar-refractivity contribution in [3.8, 4) is 5.88 Å². The van der Waals surface area contributed by atoms with Crippen LogP contribution in [-0.2, 0) is 0 Å². The van der Waals surface area contributed by atoms with E-state index in [4.69, 9.17) is 10.5 Å². The van der Waals surface area contributed by atoms with Crippen molar-refractivity contribution in [1.29, 1.82) is 0 Å². The Balaban J connectivity index is 2.12. The fourth-order valence-corrected chi connectivity index (χ4v) is 2.72. The fraction of sp³-hybridized carbons (Fsp3) is 0.692. The van der Waals surface area contributed by atoms with Crippen LogP contribution in [-0.4, -0.2) is 23.1 Å². The monoisotopic (exact) mass is 250 g/mol. The molecule has 3 N–H and O–H groups in total. The van der Waals surface area contributed by atoms with E-state index in [1.54, 1.807) is 7.11 Å². The van der Waals surface area contributed by atoms with Gasteiger partial charge in [-0.15, -0.1) is 0 Å². The maximum Gasteiger partial charge on any atom is 0.242 e. The molecule has 0 aromatic carbocycles. The van der Waals surface area contributed by atoms with Gasteiger partial charge < -0.3 is 15.8 Å². The van der Waals surface area contributed by atoms with E-state index in [-0.39, 0.29) is 0 Å². The zero-order valence-electron chi connectivity index (χ0n) is 11.1. The van der Waals surface area contributed by atoms with E-state index in [9.17, 15) is 0 Å². The number of nitrogens with two attached hydrogens (primary N) is 1. The lowest BCUT2D eigenvalue weighted by Gasteiger charge is -2.32. The predicted octanol–water partition coefficient (Wildman–Crippen LogP) is 2.45. The Hall–Kier alpha value is -1.52. The van der Waals surface area contributed by atoms with Crippen molar-refractivity contribution >= 4 is 11.5 Å². The summed E-state index contributed by atoms with van der Waals surface area (Å²) in [5.41, 5.74) is 6.49. The Morgan fingerprint density at radius 2 is 2.17 bits per heavy atom. The van der Waals surface area contributed by atoms with Crippen molar-refractivity contribution in [2.45, 2.75) is 45.1 Å².